The Morgan fingerprint density at radius 1 is 0.818 bits per heavy atom. The molecular formula is C57H97N5O13Si2. The Morgan fingerprint density at radius 3 is 2.06 bits per heavy atom. The number of ether oxygens (including phenoxy) is 8. The van der Waals surface area contributed by atoms with Gasteiger partial charge in [0.2, 0.25) is 0 Å². The highest BCUT2D eigenvalue weighted by Crippen LogP contribution is 2.46. The second-order valence-corrected chi connectivity index (χ2v) is 34.4. The quantitative estimate of drug-likeness (QED) is 0.0782. The maximum Gasteiger partial charge on any atom is 0.410 e. The summed E-state index contributed by atoms with van der Waals surface area (Å²) >= 11 is 0. The van der Waals surface area contributed by atoms with Gasteiger partial charge in [-0.1, -0.05) is 27.7 Å². The van der Waals surface area contributed by atoms with Gasteiger partial charge in [-0.05, 0) is 139 Å². The Balaban J connectivity index is 1.41. The predicted molar refractivity (Wildman–Crippen MR) is 299 cm³/mol. The molecule has 18 nitrogen and oxygen atoms in total. The van der Waals surface area contributed by atoms with Crippen LogP contribution in [0, 0.1) is 23.7 Å². The molecule has 0 aromatic carbocycles. The molecule has 4 fully saturated rings. The van der Waals surface area contributed by atoms with Crippen LogP contribution >= 0.6 is 0 Å². The van der Waals surface area contributed by atoms with E-state index in [-0.39, 0.29) is 30.5 Å². The highest BCUT2D eigenvalue weighted by molar-refractivity contribution is 6.70. The van der Waals surface area contributed by atoms with Crippen LogP contribution < -0.4 is 0 Å². The molecule has 4 aliphatic rings. The largest absolute Gasteiger partial charge is 0.458 e. The number of carbonyl (C=O) groups excluding carboxylic acids is 3. The van der Waals surface area contributed by atoms with Gasteiger partial charge in [-0.25, -0.2) is 9.78 Å². The molecule has 6 rings (SSSR count). The van der Waals surface area contributed by atoms with Crippen molar-refractivity contribution in [3.8, 4) is 11.3 Å². The molecular weight excluding hydrogens is 1020 g/mol. The summed E-state index contributed by atoms with van der Waals surface area (Å²) in [7, 11) is 3.12. The van der Waals surface area contributed by atoms with Gasteiger partial charge < -0.3 is 61.1 Å². The number of aryl methyl sites for hydroxylation is 1. The Bertz CT molecular complexity index is 2270. The lowest BCUT2D eigenvalue weighted by atomic mass is 9.73. The molecule has 0 bridgehead atoms. The van der Waals surface area contributed by atoms with Crippen molar-refractivity contribution < 1.29 is 61.1 Å². The van der Waals surface area contributed by atoms with Crippen LogP contribution in [0.2, 0.25) is 39.3 Å². The maximum absolute atomic E-state index is 15.4. The van der Waals surface area contributed by atoms with E-state index in [1.54, 1.807) is 44.8 Å². The van der Waals surface area contributed by atoms with E-state index in [0.717, 1.165) is 17.7 Å². The van der Waals surface area contributed by atoms with Gasteiger partial charge in [0.05, 0.1) is 65.7 Å². The molecule has 0 N–H and O–H groups in total. The van der Waals surface area contributed by atoms with Gasteiger partial charge >= 0.3 is 12.1 Å². The summed E-state index contributed by atoms with van der Waals surface area (Å²) in [6, 6.07) is 3.02. The summed E-state index contributed by atoms with van der Waals surface area (Å²) in [4.78, 5) is 57.7. The first-order valence-electron chi connectivity index (χ1n) is 28.3. The maximum atomic E-state index is 15.4. The third-order valence-corrected chi connectivity index (χ3v) is 18.6. The monoisotopic (exact) mass is 1120 g/mol. The molecule has 77 heavy (non-hydrogen) atoms. The number of hydrogen-bond acceptors (Lipinski definition) is 16. The summed E-state index contributed by atoms with van der Waals surface area (Å²) < 4.78 is 70.1. The molecule has 0 saturated carbocycles. The second kappa shape index (κ2) is 25.3. The summed E-state index contributed by atoms with van der Waals surface area (Å²) in [6.45, 7) is 33.1. The number of unbranched alkanes of at least 4 members (excludes halogenated alkanes) is 1. The second-order valence-electron chi connectivity index (χ2n) is 25.5. The third-order valence-electron chi connectivity index (χ3n) is 16.7. The lowest BCUT2D eigenvalue weighted by molar-refractivity contribution is -0.316. The highest BCUT2D eigenvalue weighted by Gasteiger charge is 2.61. The first-order valence-corrected chi connectivity index (χ1v) is 35.1. The molecule has 18 atom stereocenters. The molecule has 436 valence electrons. The van der Waals surface area contributed by atoms with E-state index >= 15 is 9.59 Å². The minimum absolute atomic E-state index is 0.0497. The minimum atomic E-state index is -2.22. The molecule has 2 aromatic heterocycles. The van der Waals surface area contributed by atoms with Crippen LogP contribution in [0.3, 0.4) is 0 Å². The van der Waals surface area contributed by atoms with Crippen LogP contribution in [0.4, 0.5) is 4.79 Å². The number of imidazole rings is 1. The topological polar surface area (TPSA) is 181 Å². The fourth-order valence-electron chi connectivity index (χ4n) is 12.7. The zero-order valence-corrected chi connectivity index (χ0v) is 52.3. The third kappa shape index (κ3) is 14.7. The standard InChI is InChI=1S/C57H97N5O13Si2/c1-21-44-57(10)49(62(54(65)73-57)28-23-22-27-61-33-42(59-34-61)41-25-24-26-58-32-41)37(4)46(63)35(2)30-55(8,66-13)50(72-53-48(74-76(15,16)17)43(60(11)12)29-36(3)68-53)38(5)47(39(6)52(64)70-44)71-45-31-56(9,67-14)51(40(7)69-45)75-77(18,19)20/h24-26,32-40,43-45,47-51,53H,21-23,27-31H2,1-20H3/t35-,36-,37+,38+,39-,40+,43+,44-,45+,47+,48-,49-,50-,51+,53+,55-,56-,57-/m1/s1. The Hall–Kier alpha value is -3.16. The van der Waals surface area contributed by atoms with Crippen LogP contribution in [0.5, 0.6) is 0 Å². The first-order chi connectivity index (χ1) is 35.9. The smallest absolute Gasteiger partial charge is 0.410 e. The van der Waals surface area contributed by atoms with Gasteiger partial charge in [0.25, 0.3) is 0 Å². The lowest BCUT2D eigenvalue weighted by Crippen LogP contribution is -2.63. The molecule has 0 radical (unpaired) electrons. The van der Waals surface area contributed by atoms with Crippen molar-refractivity contribution in [2.24, 2.45) is 23.7 Å². The number of amides is 1. The lowest BCUT2D eigenvalue weighted by Gasteiger charge is -2.51. The summed E-state index contributed by atoms with van der Waals surface area (Å²) in [6.07, 6.45) is 3.62. The van der Waals surface area contributed by atoms with Crippen LogP contribution in [0.1, 0.15) is 108 Å². The van der Waals surface area contributed by atoms with Crippen LogP contribution in [0.15, 0.2) is 37.1 Å². The molecule has 20 heteroatoms. The minimum Gasteiger partial charge on any atom is -0.458 e. The number of esters is 1. The number of carbonyl (C=O) groups is 3. The fraction of sp³-hybridized carbons (Fsp3) is 0.807. The molecule has 0 spiro atoms. The summed E-state index contributed by atoms with van der Waals surface area (Å²) in [5.74, 6) is -3.60. The van der Waals surface area contributed by atoms with Crippen LogP contribution in [0.25, 0.3) is 11.3 Å². The molecule has 2 aromatic rings. The normalized spacial score (nSPS) is 38.1. The van der Waals surface area contributed by atoms with E-state index in [0.29, 0.717) is 38.8 Å². The van der Waals surface area contributed by atoms with Crippen molar-refractivity contribution in [3.05, 3.63) is 37.1 Å². The van der Waals surface area contributed by atoms with E-state index < -0.39 is 118 Å². The van der Waals surface area contributed by atoms with Gasteiger partial charge in [-0.3, -0.25) is 14.6 Å². The van der Waals surface area contributed by atoms with E-state index in [9.17, 15) is 4.79 Å². The van der Waals surface area contributed by atoms with Crippen molar-refractivity contribution in [1.82, 2.24) is 24.3 Å². The van der Waals surface area contributed by atoms with Crippen molar-refractivity contribution in [1.29, 1.82) is 0 Å². The summed E-state index contributed by atoms with van der Waals surface area (Å²) in [5.41, 5.74) is -1.67. The first kappa shape index (κ1) is 63.0. The molecule has 0 unspecified atom stereocenters. The number of cyclic esters (lactones) is 1. The SMILES string of the molecule is CC[C@H]1OC(=O)[C@H](C)[C@@H](O[C@H]2C[C@@](C)(OC)[C@@H](O[Si](C)(C)C)[C@H](C)O2)[C@H](C)[C@@H](O[C@@H]2O[C@H](C)C[C@H](N(C)C)[C@H]2O[Si](C)(C)C)[C@](C)(OC)C[C@@H](C)C(=O)[C@H](C)[C@H]2N(CCCCn3cnc(-c4cccnc4)c3)C(=O)O[C@]12C. The number of aromatic nitrogens is 3. The zero-order valence-electron chi connectivity index (χ0n) is 50.3. The van der Waals surface area contributed by atoms with Gasteiger partial charge in [0, 0.05) is 81.7 Å². The molecule has 4 aliphatic heterocycles. The Labute approximate surface area is 462 Å². The Kier molecular flexibility index (Phi) is 20.7. The van der Waals surface area contributed by atoms with Gasteiger partial charge in [0.1, 0.15) is 18.0 Å². The van der Waals surface area contributed by atoms with Gasteiger partial charge in [-0.2, -0.15) is 0 Å². The number of pyridine rings is 1. The number of methoxy groups -OCH3 is 2. The number of fused-ring (bicyclic) bond motifs is 1. The summed E-state index contributed by atoms with van der Waals surface area (Å²) in [5, 5.41) is 0. The van der Waals surface area contributed by atoms with Gasteiger partial charge in [0.15, 0.2) is 34.8 Å². The van der Waals surface area contributed by atoms with Crippen molar-refractivity contribution in [2.45, 2.75) is 238 Å². The van der Waals surface area contributed by atoms with E-state index in [2.05, 4.69) is 54.1 Å². The number of ketones is 1. The zero-order chi connectivity index (χ0) is 57.2. The van der Waals surface area contributed by atoms with Crippen LogP contribution in [-0.2, 0) is 62.9 Å². The van der Waals surface area contributed by atoms with Crippen molar-refractivity contribution in [3.63, 3.8) is 0 Å². The van der Waals surface area contributed by atoms with E-state index in [1.165, 1.54) is 0 Å². The average Bonchev–Trinajstić information content (AvgIpc) is 3.94. The highest BCUT2D eigenvalue weighted by atomic mass is 28.4. The van der Waals surface area contributed by atoms with E-state index in [4.69, 9.17) is 46.7 Å². The number of hydrogen-bond donors (Lipinski definition) is 0. The van der Waals surface area contributed by atoms with Crippen molar-refractivity contribution >= 4 is 34.5 Å². The number of Topliss-reactive ketones (excluding diaryl/α,β-unsaturated/α-hetero) is 1. The molecule has 1 amide bonds. The number of nitrogens with zero attached hydrogens (tertiary/aromatic N) is 5. The molecule has 0 aliphatic carbocycles. The number of likely N-dealkylation sites (N-methyl/N-ethyl adjacent to an activating group) is 1. The fourth-order valence-corrected chi connectivity index (χ4v) is 15.0. The predicted octanol–water partition coefficient (Wildman–Crippen LogP) is 9.36. The van der Waals surface area contributed by atoms with Gasteiger partial charge in [-0.15, -0.1) is 0 Å². The number of rotatable bonds is 18. The van der Waals surface area contributed by atoms with Crippen molar-refractivity contribution in [2.75, 3.05) is 34.9 Å². The van der Waals surface area contributed by atoms with Crippen LogP contribution in [-0.4, -0.2) is 178 Å². The molecule has 6 heterocycles. The van der Waals surface area contributed by atoms with E-state index in [1.807, 2.05) is 99.3 Å². The average molecular weight is 1120 g/mol. The molecule has 4 saturated heterocycles. The Morgan fingerprint density at radius 2 is 1.47 bits per heavy atom.